The van der Waals surface area contributed by atoms with E-state index < -0.39 is 0 Å². The monoisotopic (exact) mass is 281 g/mol. The molecule has 5 nitrogen and oxygen atoms in total. The minimum atomic E-state index is 0.0487. The van der Waals surface area contributed by atoms with E-state index in [1.807, 2.05) is 13.0 Å². The molecule has 3 N–H and O–H groups in total. The highest BCUT2D eigenvalue weighted by Crippen LogP contribution is 2.31. The second kappa shape index (κ2) is 6.06. The number of carbonyl (C=O) groups excluding carboxylic acids is 1. The van der Waals surface area contributed by atoms with Crippen molar-refractivity contribution < 1.29 is 10.0 Å². The number of nitrogens with zero attached hydrogens (tertiary/aromatic N) is 2. The third-order valence-corrected chi connectivity index (χ3v) is 4.62. The van der Waals surface area contributed by atoms with Gasteiger partial charge in [0.05, 0.1) is 4.88 Å². The summed E-state index contributed by atoms with van der Waals surface area (Å²) >= 11 is 1.61. The van der Waals surface area contributed by atoms with Crippen molar-refractivity contribution in [2.45, 2.75) is 32.6 Å². The Morgan fingerprint density at radius 1 is 1.58 bits per heavy atom. The highest BCUT2D eigenvalue weighted by atomic mass is 32.1. The van der Waals surface area contributed by atoms with Crippen LogP contribution in [-0.2, 0) is 12.8 Å². The Morgan fingerprint density at radius 3 is 3.00 bits per heavy atom. The van der Waals surface area contributed by atoms with E-state index in [2.05, 4.69) is 5.16 Å². The minimum absolute atomic E-state index is 0.0487. The molecule has 0 bridgehead atoms. The lowest BCUT2D eigenvalue weighted by molar-refractivity contribution is 0.0773. The summed E-state index contributed by atoms with van der Waals surface area (Å²) in [6, 6.07) is 2.03. The molecule has 1 aromatic heterocycles. The van der Waals surface area contributed by atoms with Gasteiger partial charge in [-0.2, -0.15) is 0 Å². The maximum Gasteiger partial charge on any atom is 0.263 e. The van der Waals surface area contributed by atoms with Crippen LogP contribution in [0.4, 0.5) is 0 Å². The fraction of sp³-hybridized carbons (Fsp3) is 0.538. The number of oxime groups is 1. The number of amidine groups is 1. The molecule has 19 heavy (non-hydrogen) atoms. The number of hydrogen-bond acceptors (Lipinski definition) is 4. The quantitative estimate of drug-likeness (QED) is 0.374. The molecule has 0 fully saturated rings. The van der Waals surface area contributed by atoms with E-state index in [4.69, 9.17) is 10.9 Å². The Labute approximate surface area is 116 Å². The molecule has 0 saturated carbocycles. The molecule has 1 amide bonds. The fourth-order valence-corrected chi connectivity index (χ4v) is 3.51. The van der Waals surface area contributed by atoms with Gasteiger partial charge in [0, 0.05) is 24.4 Å². The molecular weight excluding hydrogens is 262 g/mol. The van der Waals surface area contributed by atoms with Gasteiger partial charge in [-0.1, -0.05) is 5.16 Å². The number of carbonyl (C=O) groups is 1. The molecule has 0 aromatic carbocycles. The number of fused-ring (bicyclic) bond motifs is 1. The minimum Gasteiger partial charge on any atom is -0.409 e. The van der Waals surface area contributed by atoms with Gasteiger partial charge in [0.25, 0.3) is 5.91 Å². The molecule has 0 spiro atoms. The van der Waals surface area contributed by atoms with Crippen LogP contribution >= 0.6 is 11.3 Å². The molecule has 1 heterocycles. The second-order valence-electron chi connectivity index (χ2n) is 4.64. The summed E-state index contributed by atoms with van der Waals surface area (Å²) in [6.07, 6.45) is 3.79. The van der Waals surface area contributed by atoms with Crippen LogP contribution in [0.15, 0.2) is 11.2 Å². The van der Waals surface area contributed by atoms with Gasteiger partial charge >= 0.3 is 0 Å². The Balaban J connectivity index is 2.03. The van der Waals surface area contributed by atoms with Crippen LogP contribution in [0.2, 0.25) is 0 Å². The highest BCUT2D eigenvalue weighted by molar-refractivity contribution is 7.14. The lowest BCUT2D eigenvalue weighted by Crippen LogP contribution is -2.33. The lowest BCUT2D eigenvalue weighted by Gasteiger charge is -2.19. The fourth-order valence-electron chi connectivity index (χ4n) is 2.29. The summed E-state index contributed by atoms with van der Waals surface area (Å²) in [4.78, 5) is 16.3. The molecule has 1 aromatic rings. The van der Waals surface area contributed by atoms with E-state index in [9.17, 15) is 4.79 Å². The molecule has 0 unspecified atom stereocenters. The van der Waals surface area contributed by atoms with Crippen molar-refractivity contribution in [2.24, 2.45) is 10.9 Å². The van der Waals surface area contributed by atoms with Crippen molar-refractivity contribution in [2.75, 3.05) is 13.1 Å². The topological polar surface area (TPSA) is 78.9 Å². The SMILES string of the molecule is CCN(CC/C(N)=N/O)C(=O)c1cc2c(s1)CCC2. The number of rotatable bonds is 5. The molecule has 0 atom stereocenters. The van der Waals surface area contributed by atoms with Gasteiger partial charge in [-0.25, -0.2) is 0 Å². The predicted molar refractivity (Wildman–Crippen MR) is 75.9 cm³/mol. The van der Waals surface area contributed by atoms with Gasteiger partial charge in [0.15, 0.2) is 0 Å². The summed E-state index contributed by atoms with van der Waals surface area (Å²) in [7, 11) is 0. The average molecular weight is 281 g/mol. The van der Waals surface area contributed by atoms with Gasteiger partial charge in [0.2, 0.25) is 0 Å². The lowest BCUT2D eigenvalue weighted by atomic mass is 10.2. The molecule has 2 rings (SSSR count). The van der Waals surface area contributed by atoms with Crippen molar-refractivity contribution in [1.29, 1.82) is 0 Å². The van der Waals surface area contributed by atoms with E-state index in [0.717, 1.165) is 17.7 Å². The van der Waals surface area contributed by atoms with Crippen LogP contribution in [-0.4, -0.2) is 34.9 Å². The first-order chi connectivity index (χ1) is 9.15. The first kappa shape index (κ1) is 13.9. The van der Waals surface area contributed by atoms with E-state index in [1.165, 1.54) is 16.9 Å². The largest absolute Gasteiger partial charge is 0.409 e. The summed E-state index contributed by atoms with van der Waals surface area (Å²) in [5, 5.41) is 11.4. The number of amides is 1. The van der Waals surface area contributed by atoms with Crippen molar-refractivity contribution in [3.8, 4) is 0 Å². The molecule has 0 radical (unpaired) electrons. The maximum atomic E-state index is 12.4. The number of hydrogen-bond donors (Lipinski definition) is 2. The van der Waals surface area contributed by atoms with Crippen molar-refractivity contribution in [3.63, 3.8) is 0 Å². The third-order valence-electron chi connectivity index (χ3n) is 3.39. The summed E-state index contributed by atoms with van der Waals surface area (Å²) in [5.41, 5.74) is 6.77. The molecular formula is C13H19N3O2S. The predicted octanol–water partition coefficient (Wildman–Crippen LogP) is 1.84. The van der Waals surface area contributed by atoms with E-state index >= 15 is 0 Å². The molecule has 104 valence electrons. The first-order valence-corrected chi connectivity index (χ1v) is 7.34. The number of aryl methyl sites for hydroxylation is 2. The van der Waals surface area contributed by atoms with Crippen LogP contribution < -0.4 is 5.73 Å². The zero-order valence-corrected chi connectivity index (χ0v) is 11.9. The summed E-state index contributed by atoms with van der Waals surface area (Å²) in [6.45, 7) is 3.04. The Morgan fingerprint density at radius 2 is 2.37 bits per heavy atom. The standard InChI is InChI=1S/C13H19N3O2S/c1-2-16(7-6-12(14)15-18)13(17)11-8-9-4-3-5-10(9)19-11/h8,18H,2-7H2,1H3,(H2,14,15). The van der Waals surface area contributed by atoms with Crippen molar-refractivity contribution in [3.05, 3.63) is 21.4 Å². The number of nitrogens with two attached hydrogens (primary N) is 1. The van der Waals surface area contributed by atoms with Crippen LogP contribution in [0.1, 0.15) is 39.9 Å². The van der Waals surface area contributed by atoms with Crippen molar-refractivity contribution in [1.82, 2.24) is 4.90 Å². The Kier molecular flexibility index (Phi) is 4.42. The average Bonchev–Trinajstić information content (AvgIpc) is 2.99. The highest BCUT2D eigenvalue weighted by Gasteiger charge is 2.21. The zero-order chi connectivity index (χ0) is 13.8. The van der Waals surface area contributed by atoms with Crippen LogP contribution in [0.5, 0.6) is 0 Å². The number of thiophene rings is 1. The van der Waals surface area contributed by atoms with Gasteiger partial charge in [-0.15, -0.1) is 11.3 Å². The van der Waals surface area contributed by atoms with Gasteiger partial charge in [-0.3, -0.25) is 4.79 Å². The molecule has 1 aliphatic rings. The molecule has 0 aliphatic heterocycles. The van der Waals surface area contributed by atoms with Crippen LogP contribution in [0.25, 0.3) is 0 Å². The smallest absolute Gasteiger partial charge is 0.263 e. The molecule has 6 heteroatoms. The zero-order valence-electron chi connectivity index (χ0n) is 11.1. The van der Waals surface area contributed by atoms with Crippen molar-refractivity contribution >= 4 is 23.1 Å². The van der Waals surface area contributed by atoms with E-state index in [1.54, 1.807) is 16.2 Å². The molecule has 0 saturated heterocycles. The van der Waals surface area contributed by atoms with Gasteiger partial charge in [-0.05, 0) is 37.8 Å². The maximum absolute atomic E-state index is 12.4. The van der Waals surface area contributed by atoms with Gasteiger partial charge < -0.3 is 15.8 Å². The normalized spacial score (nSPS) is 14.5. The summed E-state index contributed by atoms with van der Waals surface area (Å²) < 4.78 is 0. The second-order valence-corrected chi connectivity index (χ2v) is 5.78. The van der Waals surface area contributed by atoms with Gasteiger partial charge in [0.1, 0.15) is 5.84 Å². The first-order valence-electron chi connectivity index (χ1n) is 6.53. The Hall–Kier alpha value is -1.56. The molecule has 1 aliphatic carbocycles. The Bertz CT molecular complexity index is 475. The van der Waals surface area contributed by atoms with Crippen LogP contribution in [0, 0.1) is 0 Å². The van der Waals surface area contributed by atoms with E-state index in [0.29, 0.717) is 19.5 Å². The third kappa shape index (κ3) is 3.07. The van der Waals surface area contributed by atoms with E-state index in [-0.39, 0.29) is 11.7 Å². The van der Waals surface area contributed by atoms with Crippen LogP contribution in [0.3, 0.4) is 0 Å². The summed E-state index contributed by atoms with van der Waals surface area (Å²) in [5.74, 6) is 0.201.